The number of nitrogens with one attached hydrogen (secondary N) is 2. The minimum atomic E-state index is -2.44. The molecule has 0 aromatic rings. The second-order valence-corrected chi connectivity index (χ2v) is 3.84. The Labute approximate surface area is 85.2 Å². The van der Waals surface area contributed by atoms with Gasteiger partial charge in [-0.1, -0.05) is 4.52 Å². The molecule has 0 aromatic heterocycles. The first-order valence-electron chi connectivity index (χ1n) is 4.15. The van der Waals surface area contributed by atoms with Gasteiger partial charge in [0.1, 0.15) is 12.7 Å². The molecule has 3 amide bonds. The normalized spacial score (nSPS) is 29.7. The van der Waals surface area contributed by atoms with Crippen LogP contribution >= 0.6 is 8.25 Å². The first kappa shape index (κ1) is 10.4. The molecule has 2 N–H and O–H groups in total. The standard InChI is InChI=1S/C6H7N2O6P/c9-4-5(8-6(10)7-4)14-15(11)13-2-3-1-12-3/h3,5H,1-2H2,(H-,7,8,9,10)/p+1. The van der Waals surface area contributed by atoms with Crippen LogP contribution in [0.1, 0.15) is 0 Å². The van der Waals surface area contributed by atoms with Crippen LogP contribution in [0.4, 0.5) is 4.79 Å². The topological polar surface area (TPSA) is 106 Å². The smallest absolute Gasteiger partial charge is 0.370 e. The maximum absolute atomic E-state index is 11.1. The number of epoxide rings is 1. The summed E-state index contributed by atoms with van der Waals surface area (Å²) in [5.41, 5.74) is 0. The molecule has 2 aliphatic rings. The lowest BCUT2D eigenvalue weighted by atomic mass is 10.5. The van der Waals surface area contributed by atoms with Gasteiger partial charge >= 0.3 is 14.3 Å². The summed E-state index contributed by atoms with van der Waals surface area (Å²) >= 11 is 0. The van der Waals surface area contributed by atoms with Crippen molar-refractivity contribution < 1.29 is 27.9 Å². The third-order valence-electron chi connectivity index (χ3n) is 1.70. The lowest BCUT2D eigenvalue weighted by Gasteiger charge is -1.96. The van der Waals surface area contributed by atoms with E-state index in [1.165, 1.54) is 0 Å². The van der Waals surface area contributed by atoms with Gasteiger partial charge in [-0.3, -0.25) is 10.1 Å². The van der Waals surface area contributed by atoms with E-state index in [1.807, 2.05) is 5.32 Å². The van der Waals surface area contributed by atoms with Gasteiger partial charge in [0.05, 0.1) is 6.61 Å². The molecular formula is C6H8N2O6P+. The molecule has 3 unspecified atom stereocenters. The summed E-state index contributed by atoms with van der Waals surface area (Å²) in [6, 6.07) is -0.682. The fourth-order valence-electron chi connectivity index (χ4n) is 0.897. The van der Waals surface area contributed by atoms with Gasteiger partial charge in [0.2, 0.25) is 0 Å². The highest BCUT2D eigenvalue weighted by Crippen LogP contribution is 2.28. The van der Waals surface area contributed by atoms with Crippen LogP contribution in [0.15, 0.2) is 0 Å². The van der Waals surface area contributed by atoms with Crippen LogP contribution in [0, 0.1) is 0 Å². The maximum Gasteiger partial charge on any atom is 0.700 e. The van der Waals surface area contributed by atoms with Crippen LogP contribution in [0.2, 0.25) is 0 Å². The number of hydrogen-bond acceptors (Lipinski definition) is 6. The molecule has 2 rings (SSSR count). The second-order valence-electron chi connectivity index (χ2n) is 2.92. The van der Waals surface area contributed by atoms with Gasteiger partial charge in [0.25, 0.3) is 12.1 Å². The molecule has 0 aliphatic carbocycles. The molecule has 0 spiro atoms. The van der Waals surface area contributed by atoms with Gasteiger partial charge in [-0.2, -0.15) is 0 Å². The highest BCUT2D eigenvalue weighted by Gasteiger charge is 2.40. The van der Waals surface area contributed by atoms with Gasteiger partial charge in [0, 0.05) is 4.57 Å². The largest absolute Gasteiger partial charge is 0.700 e. The SMILES string of the molecule is O=C1NC(=O)C(O[P+](=O)OCC2CO2)N1. The second kappa shape index (κ2) is 4.19. The average Bonchev–Trinajstić information content (AvgIpc) is 2.92. The Morgan fingerprint density at radius 3 is 2.80 bits per heavy atom. The van der Waals surface area contributed by atoms with Crippen molar-refractivity contribution in [2.75, 3.05) is 13.2 Å². The van der Waals surface area contributed by atoms with Crippen LogP contribution in [0.3, 0.4) is 0 Å². The van der Waals surface area contributed by atoms with Gasteiger partial charge in [-0.15, -0.1) is 4.52 Å². The quantitative estimate of drug-likeness (QED) is 0.368. The first-order chi connectivity index (χ1) is 7.15. The third kappa shape index (κ3) is 2.93. The van der Waals surface area contributed by atoms with Crippen molar-refractivity contribution >= 4 is 20.2 Å². The van der Waals surface area contributed by atoms with Gasteiger partial charge < -0.3 is 10.1 Å². The molecule has 9 heteroatoms. The molecular weight excluding hydrogens is 227 g/mol. The lowest BCUT2D eigenvalue weighted by Crippen LogP contribution is -2.29. The molecule has 8 nitrogen and oxygen atoms in total. The minimum Gasteiger partial charge on any atom is -0.370 e. The van der Waals surface area contributed by atoms with Crippen molar-refractivity contribution in [1.82, 2.24) is 10.6 Å². The van der Waals surface area contributed by atoms with Gasteiger partial charge in [-0.25, -0.2) is 4.79 Å². The monoisotopic (exact) mass is 235 g/mol. The Kier molecular flexibility index (Phi) is 2.92. The summed E-state index contributed by atoms with van der Waals surface area (Å²) in [5, 5.41) is 4.05. The molecule has 2 fully saturated rings. The van der Waals surface area contributed by atoms with Crippen LogP contribution in [-0.2, 0) is 23.1 Å². The van der Waals surface area contributed by atoms with Gasteiger partial charge in [-0.05, 0) is 0 Å². The van der Waals surface area contributed by atoms with E-state index in [9.17, 15) is 14.2 Å². The lowest BCUT2D eigenvalue weighted by molar-refractivity contribution is -0.125. The highest BCUT2D eigenvalue weighted by molar-refractivity contribution is 7.33. The molecule has 3 atom stereocenters. The van der Waals surface area contributed by atoms with Crippen molar-refractivity contribution in [3.05, 3.63) is 0 Å². The average molecular weight is 235 g/mol. The highest BCUT2D eigenvalue weighted by atomic mass is 31.1. The molecule has 15 heavy (non-hydrogen) atoms. The Morgan fingerprint density at radius 2 is 2.27 bits per heavy atom. The molecule has 82 valence electrons. The zero-order valence-corrected chi connectivity index (χ0v) is 8.36. The van der Waals surface area contributed by atoms with E-state index in [4.69, 9.17) is 9.26 Å². The summed E-state index contributed by atoms with van der Waals surface area (Å²) < 4.78 is 25.3. The van der Waals surface area contributed by atoms with Crippen molar-refractivity contribution in [2.45, 2.75) is 12.3 Å². The summed E-state index contributed by atoms with van der Waals surface area (Å²) in [6.07, 6.45) is -1.29. The predicted octanol–water partition coefficient (Wildman–Crippen LogP) is -0.759. The molecule has 0 radical (unpaired) electrons. The Morgan fingerprint density at radius 1 is 1.53 bits per heavy atom. The molecule has 0 bridgehead atoms. The van der Waals surface area contributed by atoms with Crippen molar-refractivity contribution in [3.63, 3.8) is 0 Å². The van der Waals surface area contributed by atoms with E-state index in [-0.39, 0.29) is 12.7 Å². The number of hydrogen-bond donors (Lipinski definition) is 2. The number of carbonyl (C=O) groups is 2. The van der Waals surface area contributed by atoms with Crippen LogP contribution in [0.25, 0.3) is 0 Å². The maximum atomic E-state index is 11.1. The molecule has 2 saturated heterocycles. The minimum absolute atomic E-state index is 0.0421. The van der Waals surface area contributed by atoms with E-state index in [2.05, 4.69) is 9.84 Å². The Bertz CT molecular complexity index is 317. The van der Waals surface area contributed by atoms with Crippen molar-refractivity contribution in [1.29, 1.82) is 0 Å². The first-order valence-corrected chi connectivity index (χ1v) is 5.24. The van der Waals surface area contributed by atoms with Gasteiger partial charge in [0.15, 0.2) is 0 Å². The number of rotatable bonds is 5. The summed E-state index contributed by atoms with van der Waals surface area (Å²) in [5.74, 6) is -0.686. The summed E-state index contributed by atoms with van der Waals surface area (Å²) in [6.45, 7) is 0.724. The summed E-state index contributed by atoms with van der Waals surface area (Å²) in [7, 11) is -2.44. The van der Waals surface area contributed by atoms with Crippen molar-refractivity contribution in [2.24, 2.45) is 0 Å². The molecule has 0 saturated carbocycles. The fourth-order valence-corrected chi connectivity index (χ4v) is 1.57. The fraction of sp³-hybridized carbons (Fsp3) is 0.667. The van der Waals surface area contributed by atoms with E-state index in [0.717, 1.165) is 0 Å². The Balaban J connectivity index is 1.72. The molecule has 0 aromatic carbocycles. The number of amides is 3. The van der Waals surface area contributed by atoms with Crippen LogP contribution < -0.4 is 10.6 Å². The van der Waals surface area contributed by atoms with E-state index < -0.39 is 26.4 Å². The van der Waals surface area contributed by atoms with E-state index in [0.29, 0.717) is 6.61 Å². The zero-order chi connectivity index (χ0) is 10.8. The zero-order valence-electron chi connectivity index (χ0n) is 7.47. The number of imide groups is 1. The molecule has 2 heterocycles. The number of carbonyl (C=O) groups excluding carboxylic acids is 2. The van der Waals surface area contributed by atoms with E-state index >= 15 is 0 Å². The predicted molar refractivity (Wildman–Crippen MR) is 44.8 cm³/mol. The summed E-state index contributed by atoms with van der Waals surface area (Å²) in [4.78, 5) is 21.6. The van der Waals surface area contributed by atoms with Crippen LogP contribution in [0.5, 0.6) is 0 Å². The number of ether oxygens (including phenoxy) is 1. The van der Waals surface area contributed by atoms with E-state index in [1.54, 1.807) is 0 Å². The van der Waals surface area contributed by atoms with Crippen molar-refractivity contribution in [3.8, 4) is 0 Å². The number of urea groups is 1. The molecule has 2 aliphatic heterocycles. The van der Waals surface area contributed by atoms with Crippen LogP contribution in [-0.4, -0.2) is 37.5 Å². The third-order valence-corrected chi connectivity index (χ3v) is 2.44. The Hall–Kier alpha value is -1.08.